The molecule has 100 valence electrons. The Bertz CT molecular complexity index is 394. The Labute approximate surface area is 109 Å². The lowest BCUT2D eigenvalue weighted by atomic mass is 10.0. The van der Waals surface area contributed by atoms with Crippen molar-refractivity contribution >= 4 is 0 Å². The van der Waals surface area contributed by atoms with Crippen molar-refractivity contribution in [2.24, 2.45) is 5.92 Å². The summed E-state index contributed by atoms with van der Waals surface area (Å²) in [6.07, 6.45) is 1.53. The van der Waals surface area contributed by atoms with Crippen LogP contribution in [-0.4, -0.2) is 24.4 Å². The van der Waals surface area contributed by atoms with Gasteiger partial charge in [-0.15, -0.1) is 0 Å². The lowest BCUT2D eigenvalue weighted by molar-refractivity contribution is 0.105. The maximum atomic E-state index is 9.73. The van der Waals surface area contributed by atoms with Gasteiger partial charge in [0.2, 0.25) is 0 Å². The van der Waals surface area contributed by atoms with Crippen molar-refractivity contribution in [2.75, 3.05) is 13.2 Å². The number of nitrogens with one attached hydrogen (secondary N) is 1. The minimum absolute atomic E-state index is 0.376. The van der Waals surface area contributed by atoms with Crippen LogP contribution in [0.25, 0.3) is 0 Å². The molecule has 1 aromatic rings. The fourth-order valence-electron chi connectivity index (χ4n) is 2.59. The van der Waals surface area contributed by atoms with Crippen LogP contribution in [-0.2, 0) is 11.3 Å². The van der Waals surface area contributed by atoms with Crippen LogP contribution in [0.1, 0.15) is 30.0 Å². The number of phenols is 1. The van der Waals surface area contributed by atoms with E-state index < -0.39 is 0 Å². The second-order valence-electron chi connectivity index (χ2n) is 5.33. The molecule has 2 unspecified atom stereocenters. The van der Waals surface area contributed by atoms with E-state index in [1.165, 1.54) is 5.56 Å². The average molecular weight is 249 g/mol. The number of benzene rings is 1. The van der Waals surface area contributed by atoms with E-state index in [2.05, 4.69) is 12.2 Å². The molecule has 1 heterocycles. The highest BCUT2D eigenvalue weighted by atomic mass is 16.5. The zero-order chi connectivity index (χ0) is 13.1. The Morgan fingerprint density at radius 2 is 2.00 bits per heavy atom. The molecule has 0 aromatic heterocycles. The van der Waals surface area contributed by atoms with Crippen LogP contribution in [0.5, 0.6) is 5.75 Å². The largest absolute Gasteiger partial charge is 0.507 e. The van der Waals surface area contributed by atoms with E-state index in [0.29, 0.717) is 17.8 Å². The van der Waals surface area contributed by atoms with Gasteiger partial charge in [0, 0.05) is 19.7 Å². The van der Waals surface area contributed by atoms with Crippen molar-refractivity contribution in [3.8, 4) is 5.75 Å². The predicted molar refractivity (Wildman–Crippen MR) is 72.8 cm³/mol. The fourth-order valence-corrected chi connectivity index (χ4v) is 2.59. The van der Waals surface area contributed by atoms with Crippen molar-refractivity contribution in [3.63, 3.8) is 0 Å². The lowest BCUT2D eigenvalue weighted by Gasteiger charge is -2.15. The third-order valence-corrected chi connectivity index (χ3v) is 3.82. The molecule has 0 bridgehead atoms. The molecule has 18 heavy (non-hydrogen) atoms. The van der Waals surface area contributed by atoms with Gasteiger partial charge >= 0.3 is 0 Å². The standard InChI is InChI=1S/C15H23NO2/c1-10-6-13(7-11(2)15(10)17)8-16-9-14-4-5-18-12(14)3/h6-7,12,14,16-17H,4-5,8-9H2,1-3H3. The van der Waals surface area contributed by atoms with Crippen LogP contribution in [0.4, 0.5) is 0 Å². The summed E-state index contributed by atoms with van der Waals surface area (Å²) in [7, 11) is 0. The molecule has 1 fully saturated rings. The fraction of sp³-hybridized carbons (Fsp3) is 0.600. The van der Waals surface area contributed by atoms with Gasteiger partial charge < -0.3 is 15.2 Å². The van der Waals surface area contributed by atoms with Gasteiger partial charge in [0.1, 0.15) is 5.75 Å². The van der Waals surface area contributed by atoms with E-state index in [-0.39, 0.29) is 0 Å². The van der Waals surface area contributed by atoms with Crippen molar-refractivity contribution in [3.05, 3.63) is 28.8 Å². The van der Waals surface area contributed by atoms with Crippen molar-refractivity contribution < 1.29 is 9.84 Å². The van der Waals surface area contributed by atoms with Crippen molar-refractivity contribution in [1.29, 1.82) is 0 Å². The minimum Gasteiger partial charge on any atom is -0.507 e. The first-order valence-electron chi connectivity index (χ1n) is 6.69. The van der Waals surface area contributed by atoms with Crippen LogP contribution in [0.15, 0.2) is 12.1 Å². The summed E-state index contributed by atoms with van der Waals surface area (Å²) in [5.74, 6) is 1.04. The normalized spacial score (nSPS) is 23.5. The Balaban J connectivity index is 1.87. The highest BCUT2D eigenvalue weighted by Gasteiger charge is 2.23. The number of aryl methyl sites for hydroxylation is 2. The van der Waals surface area contributed by atoms with E-state index in [9.17, 15) is 5.11 Å². The number of hydrogen-bond donors (Lipinski definition) is 2. The zero-order valence-electron chi connectivity index (χ0n) is 11.5. The van der Waals surface area contributed by atoms with Crippen LogP contribution in [0.3, 0.4) is 0 Å². The van der Waals surface area contributed by atoms with E-state index >= 15 is 0 Å². The van der Waals surface area contributed by atoms with Gasteiger partial charge in [-0.2, -0.15) is 0 Å². The number of hydrogen-bond acceptors (Lipinski definition) is 3. The molecule has 1 aromatic carbocycles. The van der Waals surface area contributed by atoms with Gasteiger partial charge in [0.15, 0.2) is 0 Å². The SMILES string of the molecule is Cc1cc(CNCC2CCOC2C)cc(C)c1O. The first kappa shape index (κ1) is 13.4. The van der Waals surface area contributed by atoms with E-state index in [0.717, 1.165) is 37.2 Å². The molecule has 0 spiro atoms. The lowest BCUT2D eigenvalue weighted by Crippen LogP contribution is -2.26. The molecular formula is C15H23NO2. The van der Waals surface area contributed by atoms with E-state index in [1.807, 2.05) is 26.0 Å². The Morgan fingerprint density at radius 3 is 2.56 bits per heavy atom. The van der Waals surface area contributed by atoms with E-state index in [1.54, 1.807) is 0 Å². The second-order valence-corrected chi connectivity index (χ2v) is 5.33. The maximum absolute atomic E-state index is 9.73. The van der Waals surface area contributed by atoms with Crippen molar-refractivity contribution in [1.82, 2.24) is 5.32 Å². The highest BCUT2D eigenvalue weighted by Crippen LogP contribution is 2.23. The van der Waals surface area contributed by atoms with Crippen LogP contribution >= 0.6 is 0 Å². The molecule has 3 nitrogen and oxygen atoms in total. The third kappa shape index (κ3) is 3.03. The molecule has 1 aliphatic heterocycles. The van der Waals surface area contributed by atoms with Crippen LogP contribution in [0, 0.1) is 19.8 Å². The molecule has 2 atom stereocenters. The smallest absolute Gasteiger partial charge is 0.121 e. The number of aromatic hydroxyl groups is 1. The molecular weight excluding hydrogens is 226 g/mol. The second kappa shape index (κ2) is 5.72. The molecule has 0 radical (unpaired) electrons. The molecule has 0 saturated carbocycles. The molecule has 2 N–H and O–H groups in total. The summed E-state index contributed by atoms with van der Waals surface area (Å²) in [6.45, 7) is 8.78. The van der Waals surface area contributed by atoms with Gasteiger partial charge in [-0.1, -0.05) is 12.1 Å². The molecule has 0 aliphatic carbocycles. The topological polar surface area (TPSA) is 41.5 Å². The molecule has 3 heteroatoms. The van der Waals surface area contributed by atoms with Gasteiger partial charge in [0.05, 0.1) is 6.10 Å². The summed E-state index contributed by atoms with van der Waals surface area (Å²) in [4.78, 5) is 0. The van der Waals surface area contributed by atoms with Crippen molar-refractivity contribution in [2.45, 2.75) is 39.8 Å². The number of phenolic OH excluding ortho intramolecular Hbond substituents is 1. The Kier molecular flexibility index (Phi) is 4.25. The number of ether oxygens (including phenoxy) is 1. The maximum Gasteiger partial charge on any atom is 0.121 e. The first-order chi connectivity index (χ1) is 8.58. The zero-order valence-corrected chi connectivity index (χ0v) is 11.5. The first-order valence-corrected chi connectivity index (χ1v) is 6.69. The van der Waals surface area contributed by atoms with E-state index in [4.69, 9.17) is 4.74 Å². The monoisotopic (exact) mass is 249 g/mol. The quantitative estimate of drug-likeness (QED) is 0.861. The molecule has 1 aliphatic rings. The Hall–Kier alpha value is -1.06. The Morgan fingerprint density at radius 1 is 1.33 bits per heavy atom. The highest BCUT2D eigenvalue weighted by molar-refractivity contribution is 5.42. The summed E-state index contributed by atoms with van der Waals surface area (Å²) < 4.78 is 5.55. The molecule has 1 saturated heterocycles. The summed E-state index contributed by atoms with van der Waals surface area (Å²) in [5.41, 5.74) is 3.13. The van der Waals surface area contributed by atoms with Gasteiger partial charge in [-0.05, 0) is 49.8 Å². The van der Waals surface area contributed by atoms with Gasteiger partial charge in [-0.25, -0.2) is 0 Å². The minimum atomic E-state index is 0.376. The van der Waals surface area contributed by atoms with Gasteiger partial charge in [-0.3, -0.25) is 0 Å². The average Bonchev–Trinajstić information content (AvgIpc) is 2.72. The predicted octanol–water partition coefficient (Wildman–Crippen LogP) is 2.52. The summed E-state index contributed by atoms with van der Waals surface area (Å²) in [5, 5.41) is 13.2. The third-order valence-electron chi connectivity index (χ3n) is 3.82. The molecule has 2 rings (SSSR count). The molecule has 0 amide bonds. The van der Waals surface area contributed by atoms with Crippen LogP contribution < -0.4 is 5.32 Å². The number of rotatable bonds is 4. The van der Waals surface area contributed by atoms with Crippen LogP contribution in [0.2, 0.25) is 0 Å². The summed E-state index contributed by atoms with van der Waals surface area (Å²) in [6, 6.07) is 4.09. The summed E-state index contributed by atoms with van der Waals surface area (Å²) >= 11 is 0. The van der Waals surface area contributed by atoms with Gasteiger partial charge in [0.25, 0.3) is 0 Å².